The van der Waals surface area contributed by atoms with E-state index in [-0.39, 0.29) is 0 Å². The first-order valence-electron chi connectivity index (χ1n) is 8.64. The molecule has 20 heavy (non-hydrogen) atoms. The molecule has 0 heterocycles. The Bertz CT molecular complexity index is 359. The van der Waals surface area contributed by atoms with E-state index in [1.807, 2.05) is 0 Å². The van der Waals surface area contributed by atoms with Gasteiger partial charge in [0.15, 0.2) is 0 Å². The van der Waals surface area contributed by atoms with E-state index in [4.69, 9.17) is 0 Å². The first kappa shape index (κ1) is 15.6. The molecule has 0 spiro atoms. The molecule has 1 aliphatic rings. The summed E-state index contributed by atoms with van der Waals surface area (Å²) in [4.78, 5) is 0. The summed E-state index contributed by atoms with van der Waals surface area (Å²) in [6.07, 6.45) is 10.9. The van der Waals surface area contributed by atoms with Crippen LogP contribution in [0, 0.1) is 5.92 Å². The lowest BCUT2D eigenvalue weighted by molar-refractivity contribution is 0.374. The summed E-state index contributed by atoms with van der Waals surface area (Å²) >= 11 is 0. The molecule has 2 rings (SSSR count). The second kappa shape index (κ2) is 8.46. The molecule has 1 heteroatoms. The van der Waals surface area contributed by atoms with Crippen molar-refractivity contribution in [3.63, 3.8) is 0 Å². The van der Waals surface area contributed by atoms with Crippen LogP contribution in [0.3, 0.4) is 0 Å². The molecular weight excluding hydrogens is 242 g/mol. The van der Waals surface area contributed by atoms with Gasteiger partial charge in [0, 0.05) is 12.1 Å². The molecule has 112 valence electrons. The molecule has 3 unspecified atom stereocenters. The molecule has 0 amide bonds. The van der Waals surface area contributed by atoms with Crippen LogP contribution < -0.4 is 5.32 Å². The Balaban J connectivity index is 1.94. The third-order valence-corrected chi connectivity index (χ3v) is 4.88. The molecule has 0 aromatic heterocycles. The Kier molecular flexibility index (Phi) is 6.59. The Morgan fingerprint density at radius 2 is 1.85 bits per heavy atom. The molecule has 1 aromatic rings. The minimum absolute atomic E-state index is 0.546. The molecule has 3 atom stereocenters. The highest BCUT2D eigenvalue weighted by molar-refractivity contribution is 5.19. The van der Waals surface area contributed by atoms with Crippen molar-refractivity contribution in [2.75, 3.05) is 0 Å². The van der Waals surface area contributed by atoms with E-state index in [0.717, 1.165) is 12.0 Å². The molecule has 1 aliphatic carbocycles. The van der Waals surface area contributed by atoms with Crippen molar-refractivity contribution >= 4 is 0 Å². The van der Waals surface area contributed by atoms with Crippen molar-refractivity contribution < 1.29 is 0 Å². The monoisotopic (exact) mass is 273 g/mol. The van der Waals surface area contributed by atoms with Gasteiger partial charge in [0.2, 0.25) is 0 Å². The van der Waals surface area contributed by atoms with Crippen LogP contribution in [0.5, 0.6) is 0 Å². The molecular formula is C19H31N. The van der Waals surface area contributed by atoms with E-state index in [9.17, 15) is 0 Å². The summed E-state index contributed by atoms with van der Waals surface area (Å²) in [6.45, 7) is 4.64. The Morgan fingerprint density at radius 3 is 2.55 bits per heavy atom. The minimum Gasteiger partial charge on any atom is -0.307 e. The Morgan fingerprint density at radius 1 is 1.05 bits per heavy atom. The number of rotatable bonds is 6. The lowest BCUT2D eigenvalue weighted by atomic mass is 9.97. The number of hydrogen-bond acceptors (Lipinski definition) is 1. The fourth-order valence-electron chi connectivity index (χ4n) is 3.56. The number of benzene rings is 1. The van der Waals surface area contributed by atoms with Crippen LogP contribution in [0.4, 0.5) is 0 Å². The van der Waals surface area contributed by atoms with Gasteiger partial charge in [0.25, 0.3) is 0 Å². The van der Waals surface area contributed by atoms with E-state index in [1.54, 1.807) is 0 Å². The maximum atomic E-state index is 3.96. The van der Waals surface area contributed by atoms with E-state index >= 15 is 0 Å². The first-order valence-corrected chi connectivity index (χ1v) is 8.64. The van der Waals surface area contributed by atoms with Crippen molar-refractivity contribution in [2.24, 2.45) is 5.92 Å². The smallest absolute Gasteiger partial charge is 0.0322 e. The normalized spacial score (nSPS) is 25.1. The third kappa shape index (κ3) is 4.63. The molecule has 0 saturated heterocycles. The summed E-state index contributed by atoms with van der Waals surface area (Å²) < 4.78 is 0. The van der Waals surface area contributed by atoms with Crippen molar-refractivity contribution in [3.05, 3.63) is 35.9 Å². The van der Waals surface area contributed by atoms with Crippen molar-refractivity contribution in [2.45, 2.75) is 77.3 Å². The molecule has 1 aromatic carbocycles. The fraction of sp³-hybridized carbons (Fsp3) is 0.684. The third-order valence-electron chi connectivity index (χ3n) is 4.88. The van der Waals surface area contributed by atoms with Crippen LogP contribution in [-0.4, -0.2) is 6.04 Å². The van der Waals surface area contributed by atoms with E-state index in [0.29, 0.717) is 6.04 Å². The van der Waals surface area contributed by atoms with Crippen LogP contribution in [0.1, 0.15) is 76.8 Å². The van der Waals surface area contributed by atoms with Crippen LogP contribution >= 0.6 is 0 Å². The SMILES string of the molecule is CCCC(NC1CCCC(CC)CC1)c1ccccc1. The van der Waals surface area contributed by atoms with Crippen molar-refractivity contribution in [1.82, 2.24) is 5.32 Å². The number of hydrogen-bond donors (Lipinski definition) is 1. The highest BCUT2D eigenvalue weighted by Gasteiger charge is 2.20. The Labute approximate surface area is 125 Å². The predicted molar refractivity (Wildman–Crippen MR) is 87.9 cm³/mol. The average molecular weight is 273 g/mol. The average Bonchev–Trinajstić information content (AvgIpc) is 2.73. The number of nitrogens with one attached hydrogen (secondary N) is 1. The second-order valence-electron chi connectivity index (χ2n) is 6.40. The van der Waals surface area contributed by atoms with Gasteiger partial charge in [-0.15, -0.1) is 0 Å². The molecule has 0 radical (unpaired) electrons. The zero-order chi connectivity index (χ0) is 14.2. The largest absolute Gasteiger partial charge is 0.307 e. The van der Waals surface area contributed by atoms with Gasteiger partial charge in [-0.05, 0) is 37.2 Å². The molecule has 1 saturated carbocycles. The van der Waals surface area contributed by atoms with Crippen LogP contribution in [0.25, 0.3) is 0 Å². The zero-order valence-corrected chi connectivity index (χ0v) is 13.3. The van der Waals surface area contributed by atoms with Crippen LogP contribution in [0.15, 0.2) is 30.3 Å². The van der Waals surface area contributed by atoms with E-state index in [1.165, 1.54) is 56.9 Å². The van der Waals surface area contributed by atoms with Gasteiger partial charge in [-0.3, -0.25) is 0 Å². The lowest BCUT2D eigenvalue weighted by Crippen LogP contribution is -2.32. The highest BCUT2D eigenvalue weighted by atomic mass is 14.9. The van der Waals surface area contributed by atoms with Crippen LogP contribution in [-0.2, 0) is 0 Å². The summed E-state index contributed by atoms with van der Waals surface area (Å²) in [5.74, 6) is 0.975. The van der Waals surface area contributed by atoms with Gasteiger partial charge in [-0.25, -0.2) is 0 Å². The minimum atomic E-state index is 0.546. The van der Waals surface area contributed by atoms with E-state index in [2.05, 4.69) is 49.5 Å². The second-order valence-corrected chi connectivity index (χ2v) is 6.40. The van der Waals surface area contributed by atoms with Gasteiger partial charge in [-0.2, -0.15) is 0 Å². The maximum absolute atomic E-state index is 3.96. The first-order chi connectivity index (χ1) is 9.83. The van der Waals surface area contributed by atoms with Gasteiger partial charge in [0.05, 0.1) is 0 Å². The topological polar surface area (TPSA) is 12.0 Å². The molecule has 1 N–H and O–H groups in total. The maximum Gasteiger partial charge on any atom is 0.0322 e. The highest BCUT2D eigenvalue weighted by Crippen LogP contribution is 2.28. The fourth-order valence-corrected chi connectivity index (χ4v) is 3.56. The summed E-state index contributed by atoms with van der Waals surface area (Å²) in [5.41, 5.74) is 1.46. The van der Waals surface area contributed by atoms with Gasteiger partial charge in [0.1, 0.15) is 0 Å². The quantitative estimate of drug-likeness (QED) is 0.677. The zero-order valence-electron chi connectivity index (χ0n) is 13.3. The summed E-state index contributed by atoms with van der Waals surface area (Å²) in [6, 6.07) is 12.3. The lowest BCUT2D eigenvalue weighted by Gasteiger charge is -2.25. The van der Waals surface area contributed by atoms with Crippen molar-refractivity contribution in [3.8, 4) is 0 Å². The Hall–Kier alpha value is -0.820. The standard InChI is InChI=1S/C19H31N/c1-3-9-19(17-11-6-5-7-12-17)20-18-13-8-10-16(4-2)14-15-18/h5-7,11-12,16,18-20H,3-4,8-10,13-15H2,1-2H3. The predicted octanol–water partition coefficient (Wildman–Crippen LogP) is 5.48. The molecule has 1 nitrogen and oxygen atoms in total. The molecule has 0 bridgehead atoms. The van der Waals surface area contributed by atoms with Crippen LogP contribution in [0.2, 0.25) is 0 Å². The van der Waals surface area contributed by atoms with Gasteiger partial charge >= 0.3 is 0 Å². The van der Waals surface area contributed by atoms with Crippen molar-refractivity contribution in [1.29, 1.82) is 0 Å². The van der Waals surface area contributed by atoms with Gasteiger partial charge < -0.3 is 5.32 Å². The van der Waals surface area contributed by atoms with E-state index < -0.39 is 0 Å². The van der Waals surface area contributed by atoms with Gasteiger partial charge in [-0.1, -0.05) is 69.9 Å². The summed E-state index contributed by atoms with van der Waals surface area (Å²) in [7, 11) is 0. The molecule has 1 fully saturated rings. The summed E-state index contributed by atoms with van der Waals surface area (Å²) in [5, 5.41) is 3.96. The molecule has 0 aliphatic heterocycles.